The van der Waals surface area contributed by atoms with E-state index in [2.05, 4.69) is 38.0 Å². The largest absolute Gasteiger partial charge is 0.379 e. The molecule has 1 aromatic heterocycles. The first-order valence-corrected chi connectivity index (χ1v) is 7.24. The number of hydrogen-bond acceptors (Lipinski definition) is 4. The summed E-state index contributed by atoms with van der Waals surface area (Å²) in [5, 5.41) is 3.36. The van der Waals surface area contributed by atoms with Crippen molar-refractivity contribution in [3.63, 3.8) is 0 Å². The fraction of sp³-hybridized carbons (Fsp3) is 0.688. The predicted octanol–water partition coefficient (Wildman–Crippen LogP) is 2.91. The third-order valence-electron chi connectivity index (χ3n) is 3.21. The lowest BCUT2D eigenvalue weighted by Gasteiger charge is -2.22. The zero-order valence-electron chi connectivity index (χ0n) is 13.4. The van der Waals surface area contributed by atoms with Gasteiger partial charge in [-0.3, -0.25) is 4.98 Å². The molecule has 0 amide bonds. The van der Waals surface area contributed by atoms with Crippen molar-refractivity contribution in [2.45, 2.75) is 58.9 Å². The zero-order valence-corrected chi connectivity index (χ0v) is 13.4. The van der Waals surface area contributed by atoms with Crippen LogP contribution in [0.4, 0.5) is 0 Å². The van der Waals surface area contributed by atoms with Crippen molar-refractivity contribution in [1.82, 2.24) is 10.3 Å². The van der Waals surface area contributed by atoms with Crippen molar-refractivity contribution in [3.05, 3.63) is 29.6 Å². The van der Waals surface area contributed by atoms with Crippen LogP contribution in [0.2, 0.25) is 0 Å². The highest BCUT2D eigenvalue weighted by Gasteiger charge is 2.15. The van der Waals surface area contributed by atoms with Crippen LogP contribution >= 0.6 is 0 Å². The average Bonchev–Trinajstić information content (AvgIpc) is 2.42. The molecule has 0 radical (unpaired) electrons. The van der Waals surface area contributed by atoms with Gasteiger partial charge in [0.1, 0.15) is 0 Å². The molecular weight excluding hydrogens is 252 g/mol. The Morgan fingerprint density at radius 1 is 1.25 bits per heavy atom. The van der Waals surface area contributed by atoms with E-state index >= 15 is 0 Å². The molecule has 0 aliphatic rings. The summed E-state index contributed by atoms with van der Waals surface area (Å²) in [7, 11) is 1.73. The maximum absolute atomic E-state index is 5.68. The molecule has 0 spiro atoms. The second-order valence-electron chi connectivity index (χ2n) is 5.92. The molecule has 0 unspecified atom stereocenters. The number of aromatic nitrogens is 1. The Balaban J connectivity index is 2.35. The second kappa shape index (κ2) is 8.35. The molecule has 0 bridgehead atoms. The number of nitrogens with one attached hydrogen (secondary N) is 1. The van der Waals surface area contributed by atoms with Gasteiger partial charge in [0.2, 0.25) is 0 Å². The molecule has 0 aliphatic heterocycles. The minimum Gasteiger partial charge on any atom is -0.379 e. The number of nitrogens with zero attached hydrogens (tertiary/aromatic N) is 1. The van der Waals surface area contributed by atoms with Crippen LogP contribution in [-0.2, 0) is 22.6 Å². The summed E-state index contributed by atoms with van der Waals surface area (Å²) in [6, 6.07) is 6.53. The van der Waals surface area contributed by atoms with Gasteiger partial charge in [-0.2, -0.15) is 0 Å². The van der Waals surface area contributed by atoms with Gasteiger partial charge in [0.15, 0.2) is 0 Å². The fourth-order valence-corrected chi connectivity index (χ4v) is 1.61. The number of pyridine rings is 1. The normalized spacial score (nSPS) is 12.1. The Kier molecular flexibility index (Phi) is 7.13. The van der Waals surface area contributed by atoms with Gasteiger partial charge in [-0.05, 0) is 32.4 Å². The molecule has 1 aromatic rings. The van der Waals surface area contributed by atoms with E-state index in [1.165, 1.54) is 0 Å². The maximum Gasteiger partial charge on any atom is 0.0887 e. The lowest BCUT2D eigenvalue weighted by atomic mass is 10.1. The monoisotopic (exact) mass is 280 g/mol. The van der Waals surface area contributed by atoms with Crippen molar-refractivity contribution < 1.29 is 9.47 Å². The number of ether oxygens (including phenoxy) is 2. The van der Waals surface area contributed by atoms with Gasteiger partial charge < -0.3 is 14.8 Å². The standard InChI is InChI=1S/C16H28N2O2/c1-13(2)17-11-14-7-6-8-15(18-14)12-20-10-9-16(3,4)19-5/h6-8,13,17H,9-12H2,1-5H3. The van der Waals surface area contributed by atoms with Crippen LogP contribution in [0.5, 0.6) is 0 Å². The smallest absolute Gasteiger partial charge is 0.0887 e. The Labute approximate surface area is 122 Å². The van der Waals surface area contributed by atoms with Gasteiger partial charge in [-0.1, -0.05) is 19.9 Å². The van der Waals surface area contributed by atoms with E-state index in [4.69, 9.17) is 9.47 Å². The SMILES string of the molecule is COC(C)(C)CCOCc1cccc(CNC(C)C)n1. The number of hydrogen-bond donors (Lipinski definition) is 1. The molecule has 0 aromatic carbocycles. The van der Waals surface area contributed by atoms with Gasteiger partial charge >= 0.3 is 0 Å². The van der Waals surface area contributed by atoms with Crippen LogP contribution in [0.25, 0.3) is 0 Å². The highest BCUT2D eigenvalue weighted by molar-refractivity contribution is 5.10. The molecule has 1 N–H and O–H groups in total. The number of methoxy groups -OCH3 is 1. The molecule has 0 atom stereocenters. The van der Waals surface area contributed by atoms with E-state index in [0.29, 0.717) is 19.3 Å². The first-order valence-electron chi connectivity index (χ1n) is 7.24. The van der Waals surface area contributed by atoms with Crippen LogP contribution in [-0.4, -0.2) is 30.3 Å². The van der Waals surface area contributed by atoms with Crippen LogP contribution in [0.15, 0.2) is 18.2 Å². The van der Waals surface area contributed by atoms with Gasteiger partial charge in [-0.25, -0.2) is 0 Å². The van der Waals surface area contributed by atoms with Crippen LogP contribution in [0, 0.1) is 0 Å². The van der Waals surface area contributed by atoms with E-state index in [1.807, 2.05) is 18.2 Å². The first kappa shape index (κ1) is 17.1. The Morgan fingerprint density at radius 3 is 2.60 bits per heavy atom. The lowest BCUT2D eigenvalue weighted by molar-refractivity contribution is -0.0128. The highest BCUT2D eigenvalue weighted by Crippen LogP contribution is 2.13. The highest BCUT2D eigenvalue weighted by atomic mass is 16.5. The van der Waals surface area contributed by atoms with E-state index in [-0.39, 0.29) is 5.60 Å². The summed E-state index contributed by atoms with van der Waals surface area (Å²) in [5.74, 6) is 0. The third kappa shape index (κ3) is 6.98. The summed E-state index contributed by atoms with van der Waals surface area (Å²) < 4.78 is 11.0. The summed E-state index contributed by atoms with van der Waals surface area (Å²) in [4.78, 5) is 4.58. The third-order valence-corrected chi connectivity index (χ3v) is 3.21. The Bertz CT molecular complexity index is 392. The van der Waals surface area contributed by atoms with Crippen molar-refractivity contribution in [3.8, 4) is 0 Å². The Morgan fingerprint density at radius 2 is 1.95 bits per heavy atom. The van der Waals surface area contributed by atoms with Crippen LogP contribution in [0.3, 0.4) is 0 Å². The maximum atomic E-state index is 5.68. The Hall–Kier alpha value is -0.970. The van der Waals surface area contributed by atoms with Gasteiger partial charge in [0, 0.05) is 26.3 Å². The van der Waals surface area contributed by atoms with Crippen molar-refractivity contribution in [2.24, 2.45) is 0 Å². The molecule has 0 saturated heterocycles. The summed E-state index contributed by atoms with van der Waals surface area (Å²) >= 11 is 0. The van der Waals surface area contributed by atoms with Gasteiger partial charge in [0.05, 0.1) is 23.6 Å². The minimum absolute atomic E-state index is 0.129. The fourth-order valence-electron chi connectivity index (χ4n) is 1.61. The number of rotatable bonds is 9. The van der Waals surface area contributed by atoms with Crippen molar-refractivity contribution in [2.75, 3.05) is 13.7 Å². The minimum atomic E-state index is -0.129. The molecule has 4 nitrogen and oxygen atoms in total. The molecule has 0 fully saturated rings. The quantitative estimate of drug-likeness (QED) is 0.706. The summed E-state index contributed by atoms with van der Waals surface area (Å²) in [5.41, 5.74) is 1.90. The van der Waals surface area contributed by atoms with E-state index in [0.717, 1.165) is 24.4 Å². The topological polar surface area (TPSA) is 43.4 Å². The first-order chi connectivity index (χ1) is 9.43. The van der Waals surface area contributed by atoms with Gasteiger partial charge in [-0.15, -0.1) is 0 Å². The molecule has 1 heterocycles. The van der Waals surface area contributed by atoms with E-state index in [9.17, 15) is 0 Å². The van der Waals surface area contributed by atoms with Crippen LogP contribution in [0.1, 0.15) is 45.5 Å². The molecule has 114 valence electrons. The lowest BCUT2D eigenvalue weighted by Crippen LogP contribution is -2.24. The molecule has 0 saturated carbocycles. The van der Waals surface area contributed by atoms with E-state index < -0.39 is 0 Å². The second-order valence-corrected chi connectivity index (χ2v) is 5.92. The molecule has 1 rings (SSSR count). The zero-order chi connectivity index (χ0) is 15.0. The van der Waals surface area contributed by atoms with E-state index in [1.54, 1.807) is 7.11 Å². The van der Waals surface area contributed by atoms with Crippen molar-refractivity contribution >= 4 is 0 Å². The molecule has 4 heteroatoms. The molecular formula is C16H28N2O2. The average molecular weight is 280 g/mol. The molecule has 20 heavy (non-hydrogen) atoms. The van der Waals surface area contributed by atoms with Crippen LogP contribution < -0.4 is 5.32 Å². The molecule has 0 aliphatic carbocycles. The van der Waals surface area contributed by atoms with Crippen molar-refractivity contribution in [1.29, 1.82) is 0 Å². The van der Waals surface area contributed by atoms with Gasteiger partial charge in [0.25, 0.3) is 0 Å². The predicted molar refractivity (Wildman–Crippen MR) is 81.6 cm³/mol. The summed E-state index contributed by atoms with van der Waals surface area (Å²) in [6.45, 7) is 10.4. The summed E-state index contributed by atoms with van der Waals surface area (Å²) in [6.07, 6.45) is 0.873.